The number of hydrogen-bond acceptors (Lipinski definition) is 3. The number of nitrogens with zero attached hydrogens (tertiary/aromatic N) is 2. The van der Waals surface area contributed by atoms with Crippen molar-refractivity contribution in [3.8, 4) is 0 Å². The van der Waals surface area contributed by atoms with Crippen LogP contribution in [0.3, 0.4) is 0 Å². The third-order valence-electron chi connectivity index (χ3n) is 4.53. The van der Waals surface area contributed by atoms with Crippen molar-refractivity contribution in [1.82, 2.24) is 9.80 Å². The van der Waals surface area contributed by atoms with Gasteiger partial charge < -0.3 is 14.9 Å². The summed E-state index contributed by atoms with van der Waals surface area (Å²) >= 11 is 0. The Kier molecular flexibility index (Phi) is 5.99. The van der Waals surface area contributed by atoms with E-state index in [1.54, 1.807) is 4.90 Å². The summed E-state index contributed by atoms with van der Waals surface area (Å²) in [6.07, 6.45) is 0.337. The Bertz CT molecular complexity index is 355. The highest BCUT2D eigenvalue weighted by Crippen LogP contribution is 2.31. The molecule has 1 amide bonds. The molecule has 20 heavy (non-hydrogen) atoms. The van der Waals surface area contributed by atoms with Crippen molar-refractivity contribution >= 4 is 11.9 Å². The number of carboxylic acid groups (broad SMARTS) is 1. The summed E-state index contributed by atoms with van der Waals surface area (Å²) in [6, 6.07) is -0.193. The lowest BCUT2D eigenvalue weighted by Crippen LogP contribution is -2.58. The molecule has 0 aliphatic carbocycles. The fraction of sp³-hybridized carbons (Fsp3) is 0.867. The van der Waals surface area contributed by atoms with Crippen LogP contribution in [0.25, 0.3) is 0 Å². The fourth-order valence-electron chi connectivity index (χ4n) is 3.42. The molecule has 0 aromatic heterocycles. The number of carbonyl (C=O) groups excluding carboxylic acids is 1. The van der Waals surface area contributed by atoms with Crippen LogP contribution in [0.2, 0.25) is 0 Å². The number of carbonyl (C=O) groups is 2. The van der Waals surface area contributed by atoms with Crippen LogP contribution in [-0.4, -0.2) is 58.5 Å². The first-order valence-corrected chi connectivity index (χ1v) is 7.59. The van der Waals surface area contributed by atoms with Gasteiger partial charge in [0.2, 0.25) is 5.91 Å². The molecular weight excluding hydrogens is 256 g/mol. The molecule has 116 valence electrons. The van der Waals surface area contributed by atoms with Gasteiger partial charge in [0.05, 0.1) is 5.92 Å². The third kappa shape index (κ3) is 3.51. The maximum Gasteiger partial charge on any atom is 0.308 e. The lowest BCUT2D eigenvalue weighted by atomic mass is 9.80. The molecular formula is C15H28N2O3. The number of likely N-dealkylation sites (tertiary alicyclic amines) is 1. The summed E-state index contributed by atoms with van der Waals surface area (Å²) in [5, 5.41) is 9.39. The molecule has 5 heteroatoms. The molecule has 0 radical (unpaired) electrons. The number of carboxylic acids is 1. The summed E-state index contributed by atoms with van der Waals surface area (Å²) in [6.45, 7) is 12.6. The van der Waals surface area contributed by atoms with Crippen LogP contribution in [0.5, 0.6) is 0 Å². The molecule has 0 aromatic carbocycles. The van der Waals surface area contributed by atoms with Crippen molar-refractivity contribution in [3.05, 3.63) is 0 Å². The van der Waals surface area contributed by atoms with Crippen LogP contribution < -0.4 is 0 Å². The Morgan fingerprint density at radius 3 is 2.40 bits per heavy atom. The normalized spacial score (nSPS) is 28.8. The van der Waals surface area contributed by atoms with E-state index in [1.165, 1.54) is 0 Å². The molecule has 1 rings (SSSR count). The molecule has 1 fully saturated rings. The Morgan fingerprint density at radius 2 is 1.95 bits per heavy atom. The van der Waals surface area contributed by atoms with E-state index < -0.39 is 11.9 Å². The Balaban J connectivity index is 2.85. The average Bonchev–Trinajstić information content (AvgIpc) is 2.34. The topological polar surface area (TPSA) is 60.9 Å². The molecule has 0 saturated carbocycles. The molecule has 0 aromatic rings. The zero-order chi connectivity index (χ0) is 15.4. The molecule has 1 saturated heterocycles. The van der Waals surface area contributed by atoms with Crippen LogP contribution in [0.1, 0.15) is 41.0 Å². The van der Waals surface area contributed by atoms with Crippen LogP contribution in [0, 0.1) is 11.8 Å². The van der Waals surface area contributed by atoms with Crippen LogP contribution in [0.15, 0.2) is 0 Å². The number of likely N-dealkylation sites (N-methyl/N-ethyl adjacent to an activating group) is 1. The first-order chi connectivity index (χ1) is 9.33. The second kappa shape index (κ2) is 7.07. The molecule has 1 N–H and O–H groups in total. The van der Waals surface area contributed by atoms with Crippen LogP contribution in [-0.2, 0) is 9.59 Å². The number of hydrogen-bond donors (Lipinski definition) is 1. The standard InChI is InChI=1S/C15H28N2O3/c1-6-16(7-2)9-11(4)17-12(5)14(15(19)20)10(3)8-13(17)18/h10-12,14H,6-9H2,1-5H3,(H,19,20). The maximum absolute atomic E-state index is 12.3. The minimum Gasteiger partial charge on any atom is -0.481 e. The average molecular weight is 284 g/mol. The van der Waals surface area contributed by atoms with E-state index in [1.807, 2.05) is 20.8 Å². The molecule has 0 bridgehead atoms. The lowest BCUT2D eigenvalue weighted by molar-refractivity contribution is -0.156. The third-order valence-corrected chi connectivity index (χ3v) is 4.53. The van der Waals surface area contributed by atoms with Gasteiger partial charge in [-0.2, -0.15) is 0 Å². The number of aliphatic carboxylic acids is 1. The Hall–Kier alpha value is -1.10. The van der Waals surface area contributed by atoms with Gasteiger partial charge in [0.15, 0.2) is 0 Å². The van der Waals surface area contributed by atoms with Crippen LogP contribution in [0.4, 0.5) is 0 Å². The summed E-state index contributed by atoms with van der Waals surface area (Å²) in [5.74, 6) is -1.27. The minimum atomic E-state index is -0.794. The Morgan fingerprint density at radius 1 is 1.40 bits per heavy atom. The van der Waals surface area contributed by atoms with E-state index in [9.17, 15) is 14.7 Å². The SMILES string of the molecule is CCN(CC)CC(C)N1C(=O)CC(C)C(C(=O)O)C1C. The molecule has 5 nitrogen and oxygen atoms in total. The van der Waals surface area contributed by atoms with Crippen molar-refractivity contribution in [3.63, 3.8) is 0 Å². The van der Waals surface area contributed by atoms with Gasteiger partial charge >= 0.3 is 5.97 Å². The van der Waals surface area contributed by atoms with Gasteiger partial charge in [-0.1, -0.05) is 20.8 Å². The number of rotatable bonds is 6. The zero-order valence-electron chi connectivity index (χ0n) is 13.3. The highest BCUT2D eigenvalue weighted by Gasteiger charge is 2.43. The zero-order valence-corrected chi connectivity index (χ0v) is 13.3. The number of piperidine rings is 1. The fourth-order valence-corrected chi connectivity index (χ4v) is 3.42. The van der Waals surface area contributed by atoms with Crippen molar-refractivity contribution in [1.29, 1.82) is 0 Å². The van der Waals surface area contributed by atoms with Crippen molar-refractivity contribution in [2.24, 2.45) is 11.8 Å². The second-order valence-electron chi connectivity index (χ2n) is 5.92. The van der Waals surface area contributed by atoms with E-state index in [0.29, 0.717) is 6.42 Å². The van der Waals surface area contributed by atoms with Gasteiger partial charge in [-0.3, -0.25) is 9.59 Å². The van der Waals surface area contributed by atoms with Gasteiger partial charge in [-0.05, 0) is 32.9 Å². The predicted octanol–water partition coefficient (Wildman–Crippen LogP) is 1.67. The van der Waals surface area contributed by atoms with Crippen molar-refractivity contribution < 1.29 is 14.7 Å². The molecule has 1 aliphatic heterocycles. The van der Waals surface area contributed by atoms with Gasteiger partial charge in [0.25, 0.3) is 0 Å². The maximum atomic E-state index is 12.3. The lowest BCUT2D eigenvalue weighted by Gasteiger charge is -2.44. The summed E-state index contributed by atoms with van der Waals surface area (Å²) < 4.78 is 0. The van der Waals surface area contributed by atoms with Gasteiger partial charge in [-0.15, -0.1) is 0 Å². The van der Waals surface area contributed by atoms with Crippen molar-refractivity contribution in [2.75, 3.05) is 19.6 Å². The second-order valence-corrected chi connectivity index (χ2v) is 5.92. The van der Waals surface area contributed by atoms with E-state index in [2.05, 4.69) is 18.7 Å². The summed E-state index contributed by atoms with van der Waals surface area (Å²) in [7, 11) is 0. The van der Waals surface area contributed by atoms with E-state index in [-0.39, 0.29) is 23.9 Å². The summed E-state index contributed by atoms with van der Waals surface area (Å²) in [5.41, 5.74) is 0. The van der Waals surface area contributed by atoms with E-state index >= 15 is 0 Å². The molecule has 1 aliphatic rings. The van der Waals surface area contributed by atoms with Gasteiger partial charge in [0.1, 0.15) is 0 Å². The first kappa shape index (κ1) is 17.0. The molecule has 4 atom stereocenters. The van der Waals surface area contributed by atoms with Crippen LogP contribution >= 0.6 is 0 Å². The highest BCUT2D eigenvalue weighted by molar-refractivity contribution is 5.82. The molecule has 0 spiro atoms. The predicted molar refractivity (Wildman–Crippen MR) is 78.5 cm³/mol. The minimum absolute atomic E-state index is 0.0479. The smallest absolute Gasteiger partial charge is 0.308 e. The first-order valence-electron chi connectivity index (χ1n) is 7.59. The summed E-state index contributed by atoms with van der Waals surface area (Å²) in [4.78, 5) is 27.8. The number of amides is 1. The monoisotopic (exact) mass is 284 g/mol. The molecule has 4 unspecified atom stereocenters. The molecule has 1 heterocycles. The largest absolute Gasteiger partial charge is 0.481 e. The quantitative estimate of drug-likeness (QED) is 0.806. The van der Waals surface area contributed by atoms with Gasteiger partial charge in [0, 0.05) is 25.0 Å². The van der Waals surface area contributed by atoms with E-state index in [0.717, 1.165) is 19.6 Å². The highest BCUT2D eigenvalue weighted by atomic mass is 16.4. The Labute approximate surface area is 121 Å². The van der Waals surface area contributed by atoms with Crippen molar-refractivity contribution in [2.45, 2.75) is 53.1 Å². The van der Waals surface area contributed by atoms with E-state index in [4.69, 9.17) is 0 Å². The van der Waals surface area contributed by atoms with Gasteiger partial charge in [-0.25, -0.2) is 0 Å².